The van der Waals surface area contributed by atoms with Gasteiger partial charge in [0.1, 0.15) is 5.58 Å². The number of benzene rings is 1. The third kappa shape index (κ3) is 2.68. The van der Waals surface area contributed by atoms with E-state index in [1.165, 1.54) is 0 Å². The third-order valence-electron chi connectivity index (χ3n) is 3.42. The van der Waals surface area contributed by atoms with Crippen molar-refractivity contribution in [3.05, 3.63) is 35.6 Å². The van der Waals surface area contributed by atoms with E-state index >= 15 is 0 Å². The van der Waals surface area contributed by atoms with Gasteiger partial charge in [-0.2, -0.15) is 0 Å². The van der Waals surface area contributed by atoms with E-state index in [1.807, 2.05) is 45.0 Å². The van der Waals surface area contributed by atoms with Crippen molar-refractivity contribution < 1.29 is 9.21 Å². The van der Waals surface area contributed by atoms with Crippen molar-refractivity contribution >= 4 is 32.8 Å². The molecule has 0 saturated heterocycles. The Hall–Kier alpha value is -1.29. The number of rotatable bonds is 3. The molecular formula is C15H18BrNO2. The highest BCUT2D eigenvalue weighted by atomic mass is 79.9. The van der Waals surface area contributed by atoms with Crippen LogP contribution in [-0.2, 0) is 0 Å². The molecule has 1 aromatic carbocycles. The van der Waals surface area contributed by atoms with Crippen molar-refractivity contribution in [3.63, 3.8) is 0 Å². The molecular weight excluding hydrogens is 306 g/mol. The molecule has 2 aromatic rings. The second-order valence-electron chi connectivity index (χ2n) is 5.46. The molecule has 0 N–H and O–H groups in total. The fourth-order valence-electron chi connectivity index (χ4n) is 1.80. The monoisotopic (exact) mass is 323 g/mol. The minimum atomic E-state index is -0.258. The Labute approximate surface area is 121 Å². The number of fused-ring (bicyclic) bond motifs is 1. The first kappa shape index (κ1) is 14.1. The van der Waals surface area contributed by atoms with Gasteiger partial charge in [-0.3, -0.25) is 4.79 Å². The molecule has 0 atom stereocenters. The molecule has 1 amide bonds. The maximum absolute atomic E-state index is 12.4. The van der Waals surface area contributed by atoms with Gasteiger partial charge < -0.3 is 9.32 Å². The first-order chi connectivity index (χ1) is 8.85. The number of amides is 1. The lowest BCUT2D eigenvalue weighted by atomic mass is 10.1. The van der Waals surface area contributed by atoms with Gasteiger partial charge in [0.25, 0.3) is 5.91 Å². The van der Waals surface area contributed by atoms with Gasteiger partial charge in [-0.25, -0.2) is 0 Å². The Bertz CT molecular complexity index is 616. The number of carbonyl (C=O) groups excluding carboxylic acids is 1. The topological polar surface area (TPSA) is 33.5 Å². The maximum Gasteiger partial charge on any atom is 0.289 e. The summed E-state index contributed by atoms with van der Waals surface area (Å²) in [6, 6.07) is 7.71. The molecule has 0 bridgehead atoms. The molecule has 0 aliphatic carbocycles. The molecule has 4 heteroatoms. The zero-order chi connectivity index (χ0) is 14.2. The lowest BCUT2D eigenvalue weighted by molar-refractivity contribution is 0.0633. The van der Waals surface area contributed by atoms with Gasteiger partial charge in [-0.15, -0.1) is 0 Å². The molecule has 0 radical (unpaired) electrons. The van der Waals surface area contributed by atoms with E-state index in [0.29, 0.717) is 11.1 Å². The smallest absolute Gasteiger partial charge is 0.289 e. The predicted molar refractivity (Wildman–Crippen MR) is 80.9 cm³/mol. The molecule has 0 aliphatic rings. The number of nitrogens with zero attached hydrogens (tertiary/aromatic N) is 1. The van der Waals surface area contributed by atoms with Crippen LogP contribution in [0, 0.1) is 6.92 Å². The van der Waals surface area contributed by atoms with Crippen LogP contribution in [0.2, 0.25) is 0 Å². The summed E-state index contributed by atoms with van der Waals surface area (Å²) in [7, 11) is 1.79. The summed E-state index contributed by atoms with van der Waals surface area (Å²) in [5.41, 5.74) is 1.65. The van der Waals surface area contributed by atoms with Crippen molar-refractivity contribution in [1.82, 2.24) is 4.90 Å². The van der Waals surface area contributed by atoms with Gasteiger partial charge in [0.05, 0.1) is 0 Å². The summed E-state index contributed by atoms with van der Waals surface area (Å²) < 4.78 is 5.64. The summed E-state index contributed by atoms with van der Waals surface area (Å²) in [5.74, 6) is 0.287. The third-order valence-corrected chi connectivity index (χ3v) is 4.79. The van der Waals surface area contributed by atoms with E-state index in [-0.39, 0.29) is 11.4 Å². The van der Waals surface area contributed by atoms with Crippen molar-refractivity contribution in [2.24, 2.45) is 0 Å². The highest BCUT2D eigenvalue weighted by Gasteiger charge is 2.29. The van der Waals surface area contributed by atoms with E-state index in [0.717, 1.165) is 16.5 Å². The van der Waals surface area contributed by atoms with E-state index in [1.54, 1.807) is 11.9 Å². The normalized spacial score (nSPS) is 11.8. The number of hydrogen-bond acceptors (Lipinski definition) is 2. The largest absolute Gasteiger partial charge is 0.451 e. The zero-order valence-corrected chi connectivity index (χ0v) is 13.2. The number of furan rings is 1. The van der Waals surface area contributed by atoms with Gasteiger partial charge in [0, 0.05) is 23.3 Å². The molecule has 19 heavy (non-hydrogen) atoms. The first-order valence-corrected chi connectivity index (χ1v) is 7.31. The van der Waals surface area contributed by atoms with E-state index in [4.69, 9.17) is 4.42 Å². The van der Waals surface area contributed by atoms with Crippen molar-refractivity contribution in [2.75, 3.05) is 12.4 Å². The molecule has 1 heterocycles. The highest BCUT2D eigenvalue weighted by Crippen LogP contribution is 2.24. The number of halogens is 1. The number of carbonyl (C=O) groups is 1. The minimum absolute atomic E-state index is 0.0988. The average Bonchev–Trinajstić information content (AvgIpc) is 2.79. The van der Waals surface area contributed by atoms with Crippen LogP contribution in [0.1, 0.15) is 30.0 Å². The molecule has 1 aromatic heterocycles. The Morgan fingerprint density at radius 2 is 2.05 bits per heavy atom. The number of aryl methyl sites for hydroxylation is 1. The van der Waals surface area contributed by atoms with Gasteiger partial charge in [0.2, 0.25) is 0 Å². The molecule has 0 unspecified atom stereocenters. The second kappa shape index (κ2) is 5.00. The Morgan fingerprint density at radius 1 is 1.37 bits per heavy atom. The van der Waals surface area contributed by atoms with E-state index < -0.39 is 0 Å². The maximum atomic E-state index is 12.4. The van der Waals surface area contributed by atoms with Crippen LogP contribution in [0.15, 0.2) is 28.7 Å². The van der Waals surface area contributed by atoms with Crippen LogP contribution in [0.4, 0.5) is 0 Å². The highest BCUT2D eigenvalue weighted by molar-refractivity contribution is 9.09. The molecule has 2 rings (SSSR count). The van der Waals surface area contributed by atoms with Gasteiger partial charge in [0.15, 0.2) is 5.76 Å². The predicted octanol–water partition coefficient (Wildman–Crippen LogP) is 3.99. The average molecular weight is 324 g/mol. The Kier molecular flexibility index (Phi) is 3.72. The molecule has 0 spiro atoms. The van der Waals surface area contributed by atoms with Crippen molar-refractivity contribution in [3.8, 4) is 0 Å². The minimum Gasteiger partial charge on any atom is -0.451 e. The van der Waals surface area contributed by atoms with Crippen LogP contribution < -0.4 is 0 Å². The van der Waals surface area contributed by atoms with E-state index in [2.05, 4.69) is 15.9 Å². The summed E-state index contributed by atoms with van der Waals surface area (Å²) in [6.07, 6.45) is 0. The van der Waals surface area contributed by atoms with Crippen molar-refractivity contribution in [1.29, 1.82) is 0 Å². The van der Waals surface area contributed by atoms with Crippen LogP contribution in [-0.4, -0.2) is 28.7 Å². The fourth-order valence-corrected chi connectivity index (χ4v) is 2.17. The summed E-state index contributed by atoms with van der Waals surface area (Å²) >= 11 is 3.43. The quantitative estimate of drug-likeness (QED) is 0.800. The van der Waals surface area contributed by atoms with Crippen LogP contribution in [0.25, 0.3) is 11.0 Å². The van der Waals surface area contributed by atoms with Crippen LogP contribution in [0.5, 0.6) is 0 Å². The molecule has 0 fully saturated rings. The van der Waals surface area contributed by atoms with E-state index in [9.17, 15) is 4.79 Å². The molecule has 0 saturated carbocycles. The standard InChI is InChI=1S/C15H18BrNO2/c1-10-5-6-12-11(7-10)8-13(19-12)14(18)17(4)15(2,3)9-16/h5-8H,9H2,1-4H3. The zero-order valence-electron chi connectivity index (χ0n) is 11.7. The number of hydrogen-bond donors (Lipinski definition) is 0. The van der Waals surface area contributed by atoms with Crippen LogP contribution in [0.3, 0.4) is 0 Å². The van der Waals surface area contributed by atoms with Gasteiger partial charge in [-0.1, -0.05) is 27.6 Å². The van der Waals surface area contributed by atoms with Gasteiger partial charge >= 0.3 is 0 Å². The Balaban J connectivity index is 2.36. The summed E-state index contributed by atoms with van der Waals surface area (Å²) in [4.78, 5) is 14.1. The van der Waals surface area contributed by atoms with Crippen LogP contribution >= 0.6 is 15.9 Å². The number of alkyl halides is 1. The SMILES string of the molecule is Cc1ccc2oc(C(=O)N(C)C(C)(C)CBr)cc2c1. The molecule has 102 valence electrons. The summed E-state index contributed by atoms with van der Waals surface area (Å²) in [6.45, 7) is 6.03. The summed E-state index contributed by atoms with van der Waals surface area (Å²) in [5, 5.41) is 1.68. The van der Waals surface area contributed by atoms with Crippen molar-refractivity contribution in [2.45, 2.75) is 26.3 Å². The van der Waals surface area contributed by atoms with Gasteiger partial charge in [-0.05, 0) is 39.0 Å². The first-order valence-electron chi connectivity index (χ1n) is 6.19. The second-order valence-corrected chi connectivity index (χ2v) is 6.02. The lowest BCUT2D eigenvalue weighted by Gasteiger charge is -2.33. The molecule has 0 aliphatic heterocycles. The lowest BCUT2D eigenvalue weighted by Crippen LogP contribution is -2.46. The fraction of sp³-hybridized carbons (Fsp3) is 0.400. The Morgan fingerprint density at radius 3 is 2.68 bits per heavy atom. The molecule has 3 nitrogen and oxygen atoms in total.